The van der Waals surface area contributed by atoms with E-state index in [0.717, 1.165) is 17.3 Å². The van der Waals surface area contributed by atoms with Crippen molar-refractivity contribution in [1.29, 1.82) is 0 Å². The Kier molecular flexibility index (Phi) is 10.3. The minimum atomic E-state index is -0.639. The van der Waals surface area contributed by atoms with Gasteiger partial charge in [0.1, 0.15) is 5.82 Å². The number of hydrogen-bond donors (Lipinski definition) is 1. The van der Waals surface area contributed by atoms with Crippen molar-refractivity contribution in [3.63, 3.8) is 0 Å². The second-order valence-corrected chi connectivity index (χ2v) is 10.4. The lowest BCUT2D eigenvalue weighted by Crippen LogP contribution is -2.22. The molecule has 0 fully saturated rings. The Morgan fingerprint density at radius 2 is 1.93 bits per heavy atom. The number of rotatable bonds is 12. The maximum atomic E-state index is 13.4. The smallest absolute Gasteiger partial charge is 0.315 e. The molecular formula is C29H27BrClN5O6. The van der Waals surface area contributed by atoms with Crippen LogP contribution in [0.5, 0.6) is 11.5 Å². The molecule has 42 heavy (non-hydrogen) atoms. The second kappa shape index (κ2) is 14.1. The summed E-state index contributed by atoms with van der Waals surface area (Å²) in [7, 11) is 0. The molecule has 1 heterocycles. The van der Waals surface area contributed by atoms with Crippen molar-refractivity contribution in [2.24, 2.45) is 5.10 Å². The average molecular weight is 657 g/mol. The fraction of sp³-hybridized carbons (Fsp3) is 0.241. The van der Waals surface area contributed by atoms with Crippen molar-refractivity contribution >= 4 is 61.9 Å². The SMILES string of the molecule is CCCCc1nc2ccc(Br)cc2c(=O)n1N=Cc1cc(OCC)c(OCC(=O)Nc2ccc(Cl)cc2)c([N+](=O)[O-])c1. The number of hydrogen-bond acceptors (Lipinski definition) is 8. The summed E-state index contributed by atoms with van der Waals surface area (Å²) in [6.45, 7) is 3.41. The second-order valence-electron chi connectivity index (χ2n) is 9.06. The van der Waals surface area contributed by atoms with Crippen molar-refractivity contribution < 1.29 is 19.2 Å². The molecule has 0 saturated heterocycles. The maximum Gasteiger partial charge on any atom is 0.315 e. The summed E-state index contributed by atoms with van der Waals surface area (Å²) < 4.78 is 13.1. The number of halogens is 2. The van der Waals surface area contributed by atoms with Gasteiger partial charge in [-0.05, 0) is 61.9 Å². The Balaban J connectivity index is 1.67. The van der Waals surface area contributed by atoms with Gasteiger partial charge in [0, 0.05) is 33.2 Å². The van der Waals surface area contributed by atoms with Gasteiger partial charge in [-0.25, -0.2) is 4.98 Å². The number of aromatic nitrogens is 2. The number of nitro benzene ring substituents is 1. The van der Waals surface area contributed by atoms with Gasteiger partial charge in [0.25, 0.3) is 11.5 Å². The van der Waals surface area contributed by atoms with Gasteiger partial charge >= 0.3 is 5.69 Å². The monoisotopic (exact) mass is 655 g/mol. The lowest BCUT2D eigenvalue weighted by atomic mass is 10.2. The van der Waals surface area contributed by atoms with Gasteiger partial charge in [0.2, 0.25) is 5.75 Å². The van der Waals surface area contributed by atoms with Crippen LogP contribution >= 0.6 is 27.5 Å². The zero-order chi connectivity index (χ0) is 30.2. The van der Waals surface area contributed by atoms with Gasteiger partial charge in [-0.2, -0.15) is 9.78 Å². The number of unbranched alkanes of at least 4 members (excludes halogenated alkanes) is 1. The number of anilines is 1. The van der Waals surface area contributed by atoms with Crippen molar-refractivity contribution in [3.05, 3.63) is 95.9 Å². The Morgan fingerprint density at radius 1 is 1.17 bits per heavy atom. The summed E-state index contributed by atoms with van der Waals surface area (Å²) in [4.78, 5) is 41.9. The number of fused-ring (bicyclic) bond motifs is 1. The largest absolute Gasteiger partial charge is 0.490 e. The number of aryl methyl sites for hydroxylation is 1. The summed E-state index contributed by atoms with van der Waals surface area (Å²) in [5.41, 5.74) is 0.529. The standard InChI is InChI=1S/C29H27BrClN5O6/c1-3-5-6-26-34-23-12-7-19(30)15-22(23)29(38)35(26)32-16-18-13-24(36(39)40)28(25(14-18)41-4-2)42-17-27(37)33-21-10-8-20(31)9-11-21/h7-16H,3-6,17H2,1-2H3,(H,33,37). The molecule has 0 bridgehead atoms. The zero-order valence-corrected chi connectivity index (χ0v) is 25.1. The number of benzene rings is 3. The van der Waals surface area contributed by atoms with Crippen molar-refractivity contribution in [2.45, 2.75) is 33.1 Å². The quantitative estimate of drug-likeness (QED) is 0.106. The van der Waals surface area contributed by atoms with Crippen LogP contribution in [0.1, 0.15) is 38.1 Å². The van der Waals surface area contributed by atoms with Crippen LogP contribution in [0.3, 0.4) is 0 Å². The number of nitrogens with zero attached hydrogens (tertiary/aromatic N) is 4. The van der Waals surface area contributed by atoms with E-state index >= 15 is 0 Å². The predicted molar refractivity (Wildman–Crippen MR) is 165 cm³/mol. The molecule has 1 aromatic heterocycles. The number of amides is 1. The van der Waals surface area contributed by atoms with Crippen LogP contribution in [0.25, 0.3) is 10.9 Å². The van der Waals surface area contributed by atoms with E-state index in [1.54, 1.807) is 43.3 Å². The summed E-state index contributed by atoms with van der Waals surface area (Å²) >= 11 is 9.26. The molecule has 1 N–H and O–H groups in total. The molecule has 4 rings (SSSR count). The summed E-state index contributed by atoms with van der Waals surface area (Å²) in [5, 5.41) is 19.9. The van der Waals surface area contributed by atoms with E-state index in [-0.39, 0.29) is 29.2 Å². The Bertz CT molecular complexity index is 1710. The van der Waals surface area contributed by atoms with Crippen LogP contribution in [0.2, 0.25) is 5.02 Å². The number of carbonyl (C=O) groups excluding carboxylic acids is 1. The maximum absolute atomic E-state index is 13.4. The van der Waals surface area contributed by atoms with Crippen LogP contribution in [0.4, 0.5) is 11.4 Å². The van der Waals surface area contributed by atoms with Crippen LogP contribution < -0.4 is 20.3 Å². The minimum absolute atomic E-state index is 0.0477. The number of nitro groups is 1. The average Bonchev–Trinajstić information content (AvgIpc) is 2.96. The Hall–Kier alpha value is -4.29. The Labute approximate surface area is 254 Å². The predicted octanol–water partition coefficient (Wildman–Crippen LogP) is 6.36. The molecule has 0 spiro atoms. The lowest BCUT2D eigenvalue weighted by Gasteiger charge is -2.13. The molecule has 13 heteroatoms. The third-order valence-corrected chi connectivity index (χ3v) is 6.73. The fourth-order valence-corrected chi connectivity index (χ4v) is 4.52. The van der Waals surface area contributed by atoms with Crippen molar-refractivity contribution in [2.75, 3.05) is 18.5 Å². The van der Waals surface area contributed by atoms with E-state index in [1.807, 2.05) is 13.0 Å². The van der Waals surface area contributed by atoms with Gasteiger partial charge < -0.3 is 14.8 Å². The van der Waals surface area contributed by atoms with Gasteiger partial charge in [0.15, 0.2) is 12.4 Å². The lowest BCUT2D eigenvalue weighted by molar-refractivity contribution is -0.385. The molecule has 3 aromatic carbocycles. The third-order valence-electron chi connectivity index (χ3n) is 5.98. The zero-order valence-electron chi connectivity index (χ0n) is 22.8. The highest BCUT2D eigenvalue weighted by Gasteiger charge is 2.23. The minimum Gasteiger partial charge on any atom is -0.490 e. The summed E-state index contributed by atoms with van der Waals surface area (Å²) in [6, 6.07) is 14.4. The molecule has 0 aliphatic heterocycles. The van der Waals surface area contributed by atoms with Gasteiger partial charge in [0.05, 0.1) is 28.6 Å². The van der Waals surface area contributed by atoms with Crippen LogP contribution in [-0.4, -0.2) is 39.9 Å². The van der Waals surface area contributed by atoms with Crippen LogP contribution in [0, 0.1) is 10.1 Å². The molecule has 11 nitrogen and oxygen atoms in total. The first-order valence-corrected chi connectivity index (χ1v) is 14.3. The van der Waals surface area contributed by atoms with E-state index < -0.39 is 23.1 Å². The van der Waals surface area contributed by atoms with E-state index in [9.17, 15) is 19.7 Å². The normalized spacial score (nSPS) is 11.1. The first-order valence-electron chi connectivity index (χ1n) is 13.1. The first-order chi connectivity index (χ1) is 20.2. The number of carbonyl (C=O) groups is 1. The molecule has 0 atom stereocenters. The van der Waals surface area contributed by atoms with Crippen LogP contribution in [0.15, 0.2) is 69.0 Å². The molecule has 0 aliphatic rings. The van der Waals surface area contributed by atoms with Crippen LogP contribution in [-0.2, 0) is 11.2 Å². The Morgan fingerprint density at radius 3 is 2.62 bits per heavy atom. The highest BCUT2D eigenvalue weighted by Crippen LogP contribution is 2.38. The molecule has 0 aliphatic carbocycles. The summed E-state index contributed by atoms with van der Waals surface area (Å²) in [5.74, 6) is -0.219. The third kappa shape index (κ3) is 7.51. The molecule has 4 aromatic rings. The molecule has 0 radical (unpaired) electrons. The summed E-state index contributed by atoms with van der Waals surface area (Å²) in [6.07, 6.45) is 3.53. The topological polar surface area (TPSA) is 138 Å². The van der Waals surface area contributed by atoms with E-state index in [0.29, 0.717) is 33.9 Å². The number of ether oxygens (including phenoxy) is 2. The van der Waals surface area contributed by atoms with E-state index in [2.05, 4.69) is 31.3 Å². The van der Waals surface area contributed by atoms with Gasteiger partial charge in [-0.3, -0.25) is 19.7 Å². The van der Waals surface area contributed by atoms with E-state index in [1.165, 1.54) is 23.0 Å². The van der Waals surface area contributed by atoms with Gasteiger partial charge in [-0.15, -0.1) is 0 Å². The molecule has 0 unspecified atom stereocenters. The molecule has 0 saturated carbocycles. The number of nitrogens with one attached hydrogen (secondary N) is 1. The molecular weight excluding hydrogens is 630 g/mol. The van der Waals surface area contributed by atoms with Crippen molar-refractivity contribution in [1.82, 2.24) is 9.66 Å². The molecule has 218 valence electrons. The highest BCUT2D eigenvalue weighted by atomic mass is 79.9. The van der Waals surface area contributed by atoms with Crippen molar-refractivity contribution in [3.8, 4) is 11.5 Å². The molecule has 1 amide bonds. The first kappa shape index (κ1) is 30.7. The highest BCUT2D eigenvalue weighted by molar-refractivity contribution is 9.10. The fourth-order valence-electron chi connectivity index (χ4n) is 4.03. The van der Waals surface area contributed by atoms with Gasteiger partial charge in [-0.1, -0.05) is 40.9 Å². The van der Waals surface area contributed by atoms with E-state index in [4.69, 9.17) is 21.1 Å².